The van der Waals surface area contributed by atoms with Crippen molar-refractivity contribution in [2.24, 2.45) is 0 Å². The summed E-state index contributed by atoms with van der Waals surface area (Å²) in [4.78, 5) is 4.35. The van der Waals surface area contributed by atoms with Crippen LogP contribution in [0.1, 0.15) is 32.3 Å². The number of para-hydroxylation sites is 1. The van der Waals surface area contributed by atoms with Gasteiger partial charge in [0, 0.05) is 24.6 Å². The molecule has 0 saturated heterocycles. The number of aromatic nitrogens is 1. The highest BCUT2D eigenvalue weighted by atomic mass is 16.5. The first kappa shape index (κ1) is 14.9. The van der Waals surface area contributed by atoms with Crippen LogP contribution < -0.4 is 0 Å². The third-order valence-electron chi connectivity index (χ3n) is 3.55. The molecule has 1 N–H and O–H groups in total. The van der Waals surface area contributed by atoms with Crippen molar-refractivity contribution in [3.05, 3.63) is 42.1 Å². The molecular weight excluding hydrogens is 250 g/mol. The molecule has 2 aromatic rings. The lowest BCUT2D eigenvalue weighted by molar-refractivity contribution is -0.0362. The first-order valence-corrected chi connectivity index (χ1v) is 7.38. The summed E-state index contributed by atoms with van der Waals surface area (Å²) < 4.78 is 5.66. The number of aliphatic hydroxyl groups is 1. The predicted molar refractivity (Wildman–Crippen MR) is 81.8 cm³/mol. The molecule has 20 heavy (non-hydrogen) atoms. The fourth-order valence-electron chi connectivity index (χ4n) is 2.58. The van der Waals surface area contributed by atoms with Crippen molar-refractivity contribution < 1.29 is 9.84 Å². The number of pyridine rings is 1. The third kappa shape index (κ3) is 3.56. The zero-order chi connectivity index (χ0) is 14.4. The van der Waals surface area contributed by atoms with E-state index in [1.807, 2.05) is 31.2 Å². The van der Waals surface area contributed by atoms with Gasteiger partial charge in [-0.2, -0.15) is 0 Å². The second-order valence-corrected chi connectivity index (χ2v) is 5.04. The van der Waals surface area contributed by atoms with Gasteiger partial charge in [-0.3, -0.25) is 4.98 Å². The molecule has 3 nitrogen and oxygen atoms in total. The maximum atomic E-state index is 10.4. The van der Waals surface area contributed by atoms with Crippen LogP contribution in [0.2, 0.25) is 0 Å². The minimum Gasteiger partial charge on any atom is -0.390 e. The minimum atomic E-state index is -0.472. The molecule has 0 aliphatic heterocycles. The zero-order valence-corrected chi connectivity index (χ0v) is 12.2. The average molecular weight is 273 g/mol. The summed E-state index contributed by atoms with van der Waals surface area (Å²) in [6.45, 7) is 4.72. The maximum Gasteiger partial charge on any atom is 0.0842 e. The molecule has 0 aliphatic rings. The summed E-state index contributed by atoms with van der Waals surface area (Å²) in [7, 11) is 0. The van der Waals surface area contributed by atoms with Gasteiger partial charge in [0.2, 0.25) is 0 Å². The minimum absolute atomic E-state index is 0.0862. The van der Waals surface area contributed by atoms with E-state index in [1.54, 1.807) is 6.20 Å². The summed E-state index contributed by atoms with van der Waals surface area (Å²) >= 11 is 0. The molecule has 3 heteroatoms. The van der Waals surface area contributed by atoms with Crippen LogP contribution in [0, 0.1) is 0 Å². The van der Waals surface area contributed by atoms with Crippen molar-refractivity contribution in [3.63, 3.8) is 0 Å². The van der Waals surface area contributed by atoms with Gasteiger partial charge in [-0.05, 0) is 31.0 Å². The SMILES string of the molecule is CCCC(OCC)C(O)Cc1ccnc2ccccc12. The number of hydrogen-bond donors (Lipinski definition) is 1. The second-order valence-electron chi connectivity index (χ2n) is 5.04. The summed E-state index contributed by atoms with van der Waals surface area (Å²) in [5.41, 5.74) is 2.10. The lowest BCUT2D eigenvalue weighted by Gasteiger charge is -2.23. The third-order valence-corrected chi connectivity index (χ3v) is 3.55. The largest absolute Gasteiger partial charge is 0.390 e. The molecule has 1 aromatic carbocycles. The number of ether oxygens (including phenoxy) is 1. The van der Waals surface area contributed by atoms with E-state index in [0.717, 1.165) is 29.3 Å². The Kier molecular flexibility index (Phi) is 5.50. The van der Waals surface area contributed by atoms with Crippen molar-refractivity contribution in [1.29, 1.82) is 0 Å². The van der Waals surface area contributed by atoms with Gasteiger partial charge in [-0.1, -0.05) is 31.5 Å². The van der Waals surface area contributed by atoms with Gasteiger partial charge in [-0.25, -0.2) is 0 Å². The molecule has 0 amide bonds. The summed E-state index contributed by atoms with van der Waals surface area (Å²) in [5, 5.41) is 11.6. The van der Waals surface area contributed by atoms with Crippen LogP contribution in [-0.4, -0.2) is 28.9 Å². The normalized spacial score (nSPS) is 14.3. The predicted octanol–water partition coefficient (Wildman–Crippen LogP) is 3.34. The van der Waals surface area contributed by atoms with Gasteiger partial charge < -0.3 is 9.84 Å². The highest BCUT2D eigenvalue weighted by Gasteiger charge is 2.19. The Hall–Kier alpha value is -1.45. The van der Waals surface area contributed by atoms with Gasteiger partial charge in [0.1, 0.15) is 0 Å². The standard InChI is InChI=1S/C17H23NO2/c1-3-7-17(20-4-2)16(19)12-13-10-11-18-15-9-6-5-8-14(13)15/h5-6,8-11,16-17,19H,3-4,7,12H2,1-2H3. The Morgan fingerprint density at radius 1 is 1.20 bits per heavy atom. The molecule has 0 bridgehead atoms. The van der Waals surface area contributed by atoms with E-state index in [2.05, 4.69) is 18.0 Å². The number of nitrogens with zero attached hydrogens (tertiary/aromatic N) is 1. The number of hydrogen-bond acceptors (Lipinski definition) is 3. The molecule has 0 radical (unpaired) electrons. The molecule has 0 spiro atoms. The second kappa shape index (κ2) is 7.36. The van der Waals surface area contributed by atoms with Gasteiger partial charge >= 0.3 is 0 Å². The van der Waals surface area contributed by atoms with Crippen molar-refractivity contribution >= 4 is 10.9 Å². The van der Waals surface area contributed by atoms with E-state index in [1.165, 1.54) is 0 Å². The number of benzene rings is 1. The highest BCUT2D eigenvalue weighted by molar-refractivity contribution is 5.81. The first-order chi connectivity index (χ1) is 9.76. The Labute approximate surface area is 120 Å². The van der Waals surface area contributed by atoms with Crippen molar-refractivity contribution in [1.82, 2.24) is 4.98 Å². The van der Waals surface area contributed by atoms with Crippen LogP contribution >= 0.6 is 0 Å². The molecular formula is C17H23NO2. The molecule has 2 unspecified atom stereocenters. The molecule has 2 atom stereocenters. The lowest BCUT2D eigenvalue weighted by atomic mass is 9.98. The molecule has 0 saturated carbocycles. The van der Waals surface area contributed by atoms with E-state index in [4.69, 9.17) is 4.74 Å². The summed E-state index contributed by atoms with van der Waals surface area (Å²) in [6.07, 6.45) is 3.75. The monoisotopic (exact) mass is 273 g/mol. The van der Waals surface area contributed by atoms with Crippen molar-refractivity contribution in [2.45, 2.75) is 45.3 Å². The van der Waals surface area contributed by atoms with Gasteiger partial charge in [0.15, 0.2) is 0 Å². The summed E-state index contributed by atoms with van der Waals surface area (Å²) in [5.74, 6) is 0. The molecule has 0 aliphatic carbocycles. The van der Waals surface area contributed by atoms with Crippen LogP contribution in [0.4, 0.5) is 0 Å². The number of rotatable bonds is 7. The van der Waals surface area contributed by atoms with E-state index in [0.29, 0.717) is 13.0 Å². The Bertz CT molecular complexity index is 530. The molecule has 0 fully saturated rings. The van der Waals surface area contributed by atoms with Crippen LogP contribution in [0.3, 0.4) is 0 Å². The van der Waals surface area contributed by atoms with E-state index in [-0.39, 0.29) is 6.10 Å². The Balaban J connectivity index is 2.18. The fraction of sp³-hybridized carbons (Fsp3) is 0.471. The molecule has 2 rings (SSSR count). The van der Waals surface area contributed by atoms with Gasteiger partial charge in [0.25, 0.3) is 0 Å². The quantitative estimate of drug-likeness (QED) is 0.841. The van der Waals surface area contributed by atoms with Crippen LogP contribution in [0.15, 0.2) is 36.5 Å². The highest BCUT2D eigenvalue weighted by Crippen LogP contribution is 2.20. The zero-order valence-electron chi connectivity index (χ0n) is 12.2. The first-order valence-electron chi connectivity index (χ1n) is 7.38. The van der Waals surface area contributed by atoms with Crippen molar-refractivity contribution in [3.8, 4) is 0 Å². The number of aliphatic hydroxyl groups excluding tert-OH is 1. The molecule has 1 heterocycles. The van der Waals surface area contributed by atoms with E-state index in [9.17, 15) is 5.11 Å². The van der Waals surface area contributed by atoms with Crippen LogP contribution in [0.25, 0.3) is 10.9 Å². The Morgan fingerprint density at radius 3 is 2.75 bits per heavy atom. The fourth-order valence-corrected chi connectivity index (χ4v) is 2.58. The van der Waals surface area contributed by atoms with Gasteiger partial charge in [0.05, 0.1) is 17.7 Å². The van der Waals surface area contributed by atoms with E-state index >= 15 is 0 Å². The topological polar surface area (TPSA) is 42.4 Å². The van der Waals surface area contributed by atoms with Crippen LogP contribution in [-0.2, 0) is 11.2 Å². The summed E-state index contributed by atoms with van der Waals surface area (Å²) in [6, 6.07) is 10.0. The Morgan fingerprint density at radius 2 is 2.00 bits per heavy atom. The van der Waals surface area contributed by atoms with E-state index < -0.39 is 6.10 Å². The number of fused-ring (bicyclic) bond motifs is 1. The van der Waals surface area contributed by atoms with Crippen molar-refractivity contribution in [2.75, 3.05) is 6.61 Å². The molecule has 108 valence electrons. The average Bonchev–Trinajstić information content (AvgIpc) is 2.47. The maximum absolute atomic E-state index is 10.4. The lowest BCUT2D eigenvalue weighted by Crippen LogP contribution is -2.31. The molecule has 1 aromatic heterocycles. The van der Waals surface area contributed by atoms with Gasteiger partial charge in [-0.15, -0.1) is 0 Å². The smallest absolute Gasteiger partial charge is 0.0842 e. The van der Waals surface area contributed by atoms with Crippen LogP contribution in [0.5, 0.6) is 0 Å².